The lowest BCUT2D eigenvalue weighted by atomic mass is 10.2. The van der Waals surface area contributed by atoms with Gasteiger partial charge < -0.3 is 9.30 Å². The summed E-state index contributed by atoms with van der Waals surface area (Å²) in [4.78, 5) is 21.8. The van der Waals surface area contributed by atoms with Crippen molar-refractivity contribution in [2.24, 2.45) is 0 Å². The highest BCUT2D eigenvalue weighted by Gasteiger charge is 2.18. The second kappa shape index (κ2) is 6.11. The van der Waals surface area contributed by atoms with Crippen LogP contribution in [0.3, 0.4) is 0 Å². The summed E-state index contributed by atoms with van der Waals surface area (Å²) < 4.78 is 8.15. The number of ether oxygens (including phenoxy) is 1. The third kappa shape index (κ3) is 2.87. The van der Waals surface area contributed by atoms with E-state index in [0.717, 1.165) is 31.9 Å². The predicted octanol–water partition coefficient (Wildman–Crippen LogP) is 4.45. The average Bonchev–Trinajstić information content (AvgIpc) is 2.85. The second-order valence-electron chi connectivity index (χ2n) is 6.17. The van der Waals surface area contributed by atoms with Gasteiger partial charge in [0, 0.05) is 9.86 Å². The maximum Gasteiger partial charge on any atom is 0.326 e. The van der Waals surface area contributed by atoms with Crippen LogP contribution in [-0.2, 0) is 16.1 Å². The van der Waals surface area contributed by atoms with E-state index in [-0.39, 0.29) is 18.6 Å². The maximum absolute atomic E-state index is 12.2. The van der Waals surface area contributed by atoms with E-state index in [1.54, 1.807) is 0 Å². The number of aromatic nitrogens is 3. The SMILES string of the molecule is CC(C)OC(=O)Cn1c2ccc(Br)cc2c2nc3ccccc3nc21. The highest BCUT2D eigenvalue weighted by Crippen LogP contribution is 2.30. The molecule has 0 aliphatic carbocycles. The smallest absolute Gasteiger partial charge is 0.326 e. The van der Waals surface area contributed by atoms with Gasteiger partial charge in [-0.2, -0.15) is 0 Å². The van der Waals surface area contributed by atoms with E-state index in [0.29, 0.717) is 5.65 Å². The van der Waals surface area contributed by atoms with Gasteiger partial charge in [-0.15, -0.1) is 0 Å². The Morgan fingerprint density at radius 2 is 1.88 bits per heavy atom. The van der Waals surface area contributed by atoms with Crippen molar-refractivity contribution in [1.82, 2.24) is 14.5 Å². The van der Waals surface area contributed by atoms with Gasteiger partial charge in [-0.25, -0.2) is 9.97 Å². The van der Waals surface area contributed by atoms with E-state index in [4.69, 9.17) is 14.7 Å². The number of esters is 1. The number of halogens is 1. The average molecular weight is 398 g/mol. The van der Waals surface area contributed by atoms with Crippen LogP contribution < -0.4 is 0 Å². The molecule has 0 aliphatic heterocycles. The molecule has 0 saturated carbocycles. The molecule has 126 valence electrons. The molecule has 0 spiro atoms. The summed E-state index contributed by atoms with van der Waals surface area (Å²) in [5, 5.41) is 0.958. The summed E-state index contributed by atoms with van der Waals surface area (Å²) in [5.41, 5.74) is 4.02. The van der Waals surface area contributed by atoms with Crippen LogP contribution in [0, 0.1) is 0 Å². The van der Waals surface area contributed by atoms with Crippen molar-refractivity contribution < 1.29 is 9.53 Å². The van der Waals surface area contributed by atoms with Crippen molar-refractivity contribution in [2.45, 2.75) is 26.5 Å². The molecule has 0 saturated heterocycles. The van der Waals surface area contributed by atoms with Crippen molar-refractivity contribution in [3.05, 3.63) is 46.9 Å². The monoisotopic (exact) mass is 397 g/mol. The molecule has 0 bridgehead atoms. The Bertz CT molecular complexity index is 1120. The normalized spacial score (nSPS) is 11.7. The molecule has 0 radical (unpaired) electrons. The van der Waals surface area contributed by atoms with Crippen LogP contribution in [0.2, 0.25) is 0 Å². The fraction of sp³-hybridized carbons (Fsp3) is 0.211. The standard InChI is InChI=1S/C19H16BrN3O2/c1-11(2)25-17(24)10-23-16-8-7-12(20)9-13(16)18-19(23)22-15-6-4-3-5-14(15)21-18/h3-9,11H,10H2,1-2H3. The van der Waals surface area contributed by atoms with Gasteiger partial charge in [0.1, 0.15) is 12.1 Å². The zero-order valence-electron chi connectivity index (χ0n) is 13.9. The summed E-state index contributed by atoms with van der Waals surface area (Å²) in [6.07, 6.45) is -0.151. The minimum Gasteiger partial charge on any atom is -0.462 e. The lowest BCUT2D eigenvalue weighted by Crippen LogP contribution is -2.17. The molecule has 4 aromatic rings. The molecule has 5 nitrogen and oxygen atoms in total. The van der Waals surface area contributed by atoms with Gasteiger partial charge in [0.15, 0.2) is 5.65 Å². The maximum atomic E-state index is 12.2. The zero-order valence-corrected chi connectivity index (χ0v) is 15.4. The highest BCUT2D eigenvalue weighted by molar-refractivity contribution is 9.10. The molecule has 0 amide bonds. The molecule has 2 aromatic heterocycles. The molecule has 0 aliphatic rings. The topological polar surface area (TPSA) is 57.0 Å². The van der Waals surface area contributed by atoms with Gasteiger partial charge in [-0.3, -0.25) is 4.79 Å². The number of fused-ring (bicyclic) bond motifs is 4. The first-order valence-electron chi connectivity index (χ1n) is 8.06. The van der Waals surface area contributed by atoms with Crippen molar-refractivity contribution in [3.63, 3.8) is 0 Å². The Morgan fingerprint density at radius 3 is 2.60 bits per heavy atom. The highest BCUT2D eigenvalue weighted by atomic mass is 79.9. The van der Waals surface area contributed by atoms with Crippen molar-refractivity contribution in [2.75, 3.05) is 0 Å². The Morgan fingerprint density at radius 1 is 1.16 bits per heavy atom. The first-order chi connectivity index (χ1) is 12.0. The lowest BCUT2D eigenvalue weighted by Gasteiger charge is -2.10. The first-order valence-corrected chi connectivity index (χ1v) is 8.86. The molecule has 2 heterocycles. The largest absolute Gasteiger partial charge is 0.462 e. The van der Waals surface area contributed by atoms with Crippen LogP contribution in [0.5, 0.6) is 0 Å². The van der Waals surface area contributed by atoms with Gasteiger partial charge in [-0.1, -0.05) is 28.1 Å². The molecule has 6 heteroatoms. The summed E-state index contributed by atoms with van der Waals surface area (Å²) in [5.74, 6) is -0.285. The van der Waals surface area contributed by atoms with Crippen LogP contribution in [0.15, 0.2) is 46.9 Å². The van der Waals surface area contributed by atoms with Gasteiger partial charge in [0.05, 0.1) is 22.7 Å². The summed E-state index contributed by atoms with van der Waals surface area (Å²) in [6.45, 7) is 3.79. The van der Waals surface area contributed by atoms with Gasteiger partial charge in [-0.05, 0) is 44.2 Å². The van der Waals surface area contributed by atoms with Crippen LogP contribution in [-0.4, -0.2) is 26.6 Å². The second-order valence-corrected chi connectivity index (χ2v) is 7.09. The van der Waals surface area contributed by atoms with E-state index in [1.165, 1.54) is 0 Å². The quantitative estimate of drug-likeness (QED) is 0.479. The van der Waals surface area contributed by atoms with E-state index in [2.05, 4.69) is 15.9 Å². The zero-order chi connectivity index (χ0) is 17.6. The number of rotatable bonds is 3. The molecule has 2 aromatic carbocycles. The molecule has 4 rings (SSSR count). The number of hydrogen-bond donors (Lipinski definition) is 0. The van der Waals surface area contributed by atoms with Gasteiger partial charge in [0.25, 0.3) is 0 Å². The minimum absolute atomic E-state index is 0.104. The molecule has 0 atom stereocenters. The van der Waals surface area contributed by atoms with E-state index in [1.807, 2.05) is 60.9 Å². The van der Waals surface area contributed by atoms with Gasteiger partial charge in [0.2, 0.25) is 0 Å². The molecule has 0 unspecified atom stereocenters. The minimum atomic E-state index is -0.285. The van der Waals surface area contributed by atoms with Crippen LogP contribution in [0.4, 0.5) is 0 Å². The molecular weight excluding hydrogens is 382 g/mol. The van der Waals surface area contributed by atoms with Crippen LogP contribution >= 0.6 is 15.9 Å². The third-order valence-corrected chi connectivity index (χ3v) is 4.46. The van der Waals surface area contributed by atoms with E-state index in [9.17, 15) is 4.79 Å². The number of carbonyl (C=O) groups excluding carboxylic acids is 1. The molecule has 0 N–H and O–H groups in total. The number of hydrogen-bond acceptors (Lipinski definition) is 4. The lowest BCUT2D eigenvalue weighted by molar-refractivity contribution is -0.147. The number of benzene rings is 2. The predicted molar refractivity (Wildman–Crippen MR) is 101 cm³/mol. The van der Waals surface area contributed by atoms with Crippen molar-refractivity contribution in [1.29, 1.82) is 0 Å². The summed E-state index contributed by atoms with van der Waals surface area (Å²) in [6, 6.07) is 13.7. The number of para-hydroxylation sites is 2. The van der Waals surface area contributed by atoms with E-state index >= 15 is 0 Å². The fourth-order valence-corrected chi connectivity index (χ4v) is 3.36. The summed E-state index contributed by atoms with van der Waals surface area (Å²) in [7, 11) is 0. The Kier molecular flexibility index (Phi) is 3.92. The van der Waals surface area contributed by atoms with Crippen LogP contribution in [0.25, 0.3) is 33.1 Å². The molecular formula is C19H16BrN3O2. The Balaban J connectivity index is 2.00. The number of carbonyl (C=O) groups is 1. The molecule has 25 heavy (non-hydrogen) atoms. The van der Waals surface area contributed by atoms with Crippen molar-refractivity contribution >= 4 is 55.0 Å². The molecule has 0 fully saturated rings. The Labute approximate surface area is 152 Å². The third-order valence-electron chi connectivity index (χ3n) is 3.97. The summed E-state index contributed by atoms with van der Waals surface area (Å²) >= 11 is 3.51. The number of nitrogens with zero attached hydrogens (tertiary/aromatic N) is 3. The Hall–Kier alpha value is -2.47. The van der Waals surface area contributed by atoms with Crippen LogP contribution in [0.1, 0.15) is 13.8 Å². The van der Waals surface area contributed by atoms with E-state index < -0.39 is 0 Å². The fourth-order valence-electron chi connectivity index (χ4n) is 3.00. The first kappa shape index (κ1) is 16.0. The van der Waals surface area contributed by atoms with Gasteiger partial charge >= 0.3 is 5.97 Å². The van der Waals surface area contributed by atoms with Crippen molar-refractivity contribution in [3.8, 4) is 0 Å².